The summed E-state index contributed by atoms with van der Waals surface area (Å²) in [6, 6.07) is 15.2. The summed E-state index contributed by atoms with van der Waals surface area (Å²) in [5, 5.41) is 5.42. The molecular weight excluding hydrogens is 288 g/mol. The van der Waals surface area contributed by atoms with Crippen LogP contribution in [0.3, 0.4) is 0 Å². The summed E-state index contributed by atoms with van der Waals surface area (Å²) < 4.78 is 1.71. The molecule has 0 aliphatic rings. The second-order valence-corrected chi connectivity index (χ2v) is 5.35. The maximum atomic E-state index is 13.0. The zero-order valence-electron chi connectivity index (χ0n) is 13.4. The Morgan fingerprint density at radius 2 is 1.83 bits per heavy atom. The Hall–Kier alpha value is -2.82. The number of para-hydroxylation sites is 1. The maximum absolute atomic E-state index is 13.0. The number of carbonyl (C=O) groups is 1. The number of hydrogen-bond acceptors (Lipinski definition) is 3. The van der Waals surface area contributed by atoms with Gasteiger partial charge < -0.3 is 10.6 Å². The molecule has 23 heavy (non-hydrogen) atoms. The van der Waals surface area contributed by atoms with Crippen LogP contribution in [0.1, 0.15) is 24.3 Å². The molecule has 1 amide bonds. The number of rotatable bonds is 4. The number of anilines is 1. The molecule has 0 atom stereocenters. The van der Waals surface area contributed by atoms with E-state index in [2.05, 4.69) is 5.10 Å². The average Bonchev–Trinajstić information content (AvgIpc) is 2.95. The van der Waals surface area contributed by atoms with Gasteiger partial charge >= 0.3 is 0 Å². The molecule has 0 bridgehead atoms. The molecule has 2 N–H and O–H groups in total. The highest BCUT2D eigenvalue weighted by atomic mass is 16.2. The number of benzene rings is 2. The zero-order chi connectivity index (χ0) is 16.4. The van der Waals surface area contributed by atoms with E-state index >= 15 is 0 Å². The van der Waals surface area contributed by atoms with Crippen LogP contribution in [0, 0.1) is 0 Å². The molecule has 118 valence electrons. The van der Waals surface area contributed by atoms with Gasteiger partial charge in [-0.25, -0.2) is 4.68 Å². The minimum Gasteiger partial charge on any atom is -0.399 e. The quantitative estimate of drug-likeness (QED) is 0.753. The van der Waals surface area contributed by atoms with Gasteiger partial charge in [0.1, 0.15) is 5.69 Å². The number of hydrogen-bond donors (Lipinski definition) is 1. The second-order valence-electron chi connectivity index (χ2n) is 5.35. The minimum atomic E-state index is -0.0221. The molecule has 0 unspecified atom stereocenters. The third-order valence-corrected chi connectivity index (χ3v) is 3.95. The highest BCUT2D eigenvalue weighted by Crippen LogP contribution is 2.25. The molecule has 0 radical (unpaired) electrons. The van der Waals surface area contributed by atoms with Gasteiger partial charge in [0, 0.05) is 24.2 Å². The van der Waals surface area contributed by atoms with Gasteiger partial charge in [0.2, 0.25) is 0 Å². The highest BCUT2D eigenvalue weighted by Gasteiger charge is 2.23. The molecule has 0 saturated carbocycles. The number of carbonyl (C=O) groups excluding carboxylic acids is 1. The van der Waals surface area contributed by atoms with E-state index in [1.165, 1.54) is 0 Å². The molecule has 5 nitrogen and oxygen atoms in total. The second kappa shape index (κ2) is 6.12. The molecule has 3 aromatic rings. The van der Waals surface area contributed by atoms with Gasteiger partial charge in [-0.3, -0.25) is 4.79 Å². The topological polar surface area (TPSA) is 64.2 Å². The maximum Gasteiger partial charge on any atom is 0.273 e. The third kappa shape index (κ3) is 2.65. The first kappa shape index (κ1) is 15.1. The van der Waals surface area contributed by atoms with E-state index in [1.807, 2.05) is 50.2 Å². The van der Waals surface area contributed by atoms with Crippen molar-refractivity contribution in [2.75, 3.05) is 18.8 Å². The summed E-state index contributed by atoms with van der Waals surface area (Å²) in [6.07, 6.45) is 0. The number of amides is 1. The summed E-state index contributed by atoms with van der Waals surface area (Å²) in [5.41, 5.74) is 8.67. The van der Waals surface area contributed by atoms with Gasteiger partial charge in [-0.15, -0.1) is 0 Å². The van der Waals surface area contributed by atoms with Crippen molar-refractivity contribution in [2.24, 2.45) is 0 Å². The van der Waals surface area contributed by atoms with Crippen LogP contribution < -0.4 is 5.73 Å². The Morgan fingerprint density at radius 3 is 2.48 bits per heavy atom. The lowest BCUT2D eigenvalue weighted by molar-refractivity contribution is 0.0766. The summed E-state index contributed by atoms with van der Waals surface area (Å²) in [4.78, 5) is 14.8. The first-order valence-electron chi connectivity index (χ1n) is 7.78. The average molecular weight is 308 g/mol. The van der Waals surface area contributed by atoms with Crippen LogP contribution in [0.5, 0.6) is 0 Å². The summed E-state index contributed by atoms with van der Waals surface area (Å²) in [5.74, 6) is -0.0221. The van der Waals surface area contributed by atoms with Crippen molar-refractivity contribution < 1.29 is 4.79 Å². The Morgan fingerprint density at radius 1 is 1.13 bits per heavy atom. The largest absolute Gasteiger partial charge is 0.399 e. The molecule has 0 saturated heterocycles. The highest BCUT2D eigenvalue weighted by molar-refractivity contribution is 6.06. The lowest BCUT2D eigenvalue weighted by Gasteiger charge is -2.19. The SMILES string of the molecule is CCN(CC)C(=O)c1c2ccc(N)cc2nn1-c1ccccc1. The molecule has 3 rings (SSSR count). The minimum absolute atomic E-state index is 0.0221. The van der Waals surface area contributed by atoms with E-state index in [0.717, 1.165) is 16.6 Å². The lowest BCUT2D eigenvalue weighted by Crippen LogP contribution is -2.32. The normalized spacial score (nSPS) is 10.9. The van der Waals surface area contributed by atoms with Crippen LogP contribution in [0.2, 0.25) is 0 Å². The Kier molecular flexibility index (Phi) is 4.02. The predicted molar refractivity (Wildman–Crippen MR) is 92.7 cm³/mol. The third-order valence-electron chi connectivity index (χ3n) is 3.95. The first-order chi connectivity index (χ1) is 11.2. The van der Waals surface area contributed by atoms with Crippen molar-refractivity contribution in [1.82, 2.24) is 14.7 Å². The number of nitrogen functional groups attached to an aromatic ring is 1. The van der Waals surface area contributed by atoms with Crippen molar-refractivity contribution in [3.8, 4) is 5.69 Å². The molecule has 5 heteroatoms. The summed E-state index contributed by atoms with van der Waals surface area (Å²) >= 11 is 0. The van der Waals surface area contributed by atoms with Gasteiger partial charge in [-0.2, -0.15) is 5.10 Å². The molecule has 0 aliphatic carbocycles. The van der Waals surface area contributed by atoms with Gasteiger partial charge in [-0.05, 0) is 44.2 Å². The number of nitrogens with zero attached hydrogens (tertiary/aromatic N) is 3. The van der Waals surface area contributed by atoms with Crippen molar-refractivity contribution in [1.29, 1.82) is 0 Å². The van der Waals surface area contributed by atoms with Crippen LogP contribution >= 0.6 is 0 Å². The molecule has 2 aromatic carbocycles. The fourth-order valence-corrected chi connectivity index (χ4v) is 2.73. The molecule has 0 aliphatic heterocycles. The van der Waals surface area contributed by atoms with E-state index in [0.29, 0.717) is 24.5 Å². The van der Waals surface area contributed by atoms with Gasteiger partial charge in [0.15, 0.2) is 0 Å². The van der Waals surface area contributed by atoms with Gasteiger partial charge in [0.25, 0.3) is 5.91 Å². The predicted octanol–water partition coefficient (Wildman–Crippen LogP) is 3.09. The monoisotopic (exact) mass is 308 g/mol. The summed E-state index contributed by atoms with van der Waals surface area (Å²) in [7, 11) is 0. The van der Waals surface area contributed by atoms with E-state index < -0.39 is 0 Å². The van der Waals surface area contributed by atoms with Crippen molar-refractivity contribution in [2.45, 2.75) is 13.8 Å². The van der Waals surface area contributed by atoms with Crippen LogP contribution in [0.25, 0.3) is 16.6 Å². The van der Waals surface area contributed by atoms with Gasteiger partial charge in [-0.1, -0.05) is 18.2 Å². The van der Waals surface area contributed by atoms with E-state index in [9.17, 15) is 4.79 Å². The smallest absolute Gasteiger partial charge is 0.273 e. The van der Waals surface area contributed by atoms with Crippen molar-refractivity contribution in [3.05, 3.63) is 54.2 Å². The molecule has 0 fully saturated rings. The fourth-order valence-electron chi connectivity index (χ4n) is 2.73. The van der Waals surface area contributed by atoms with Crippen molar-refractivity contribution >= 4 is 22.5 Å². The van der Waals surface area contributed by atoms with Gasteiger partial charge in [0.05, 0.1) is 11.2 Å². The standard InChI is InChI=1S/C18H20N4O/c1-3-21(4-2)18(23)17-15-11-10-13(19)12-16(15)20-22(17)14-8-6-5-7-9-14/h5-12H,3-4,19H2,1-2H3. The van der Waals surface area contributed by atoms with Crippen LogP contribution in [0.15, 0.2) is 48.5 Å². The number of nitrogens with two attached hydrogens (primary N) is 1. The van der Waals surface area contributed by atoms with Crippen LogP contribution in [-0.2, 0) is 0 Å². The number of aromatic nitrogens is 2. The zero-order valence-corrected chi connectivity index (χ0v) is 13.4. The van der Waals surface area contributed by atoms with E-state index in [-0.39, 0.29) is 5.91 Å². The lowest BCUT2D eigenvalue weighted by atomic mass is 10.1. The molecular formula is C18H20N4O. The van der Waals surface area contributed by atoms with Crippen LogP contribution in [0.4, 0.5) is 5.69 Å². The van der Waals surface area contributed by atoms with E-state index in [1.54, 1.807) is 21.7 Å². The Balaban J connectivity index is 2.26. The molecule has 0 spiro atoms. The van der Waals surface area contributed by atoms with Crippen LogP contribution in [-0.4, -0.2) is 33.7 Å². The summed E-state index contributed by atoms with van der Waals surface area (Å²) in [6.45, 7) is 5.27. The first-order valence-corrected chi connectivity index (χ1v) is 7.78. The molecule has 1 heterocycles. The van der Waals surface area contributed by atoms with E-state index in [4.69, 9.17) is 5.73 Å². The Labute approximate surface area is 135 Å². The number of fused-ring (bicyclic) bond motifs is 1. The molecule has 1 aromatic heterocycles. The van der Waals surface area contributed by atoms with Crippen molar-refractivity contribution in [3.63, 3.8) is 0 Å². The Bertz CT molecular complexity index is 835. The fraction of sp³-hybridized carbons (Fsp3) is 0.222.